The highest BCUT2D eigenvalue weighted by molar-refractivity contribution is 7.99. The van der Waals surface area contributed by atoms with Crippen LogP contribution in [-0.4, -0.2) is 23.7 Å². The van der Waals surface area contributed by atoms with E-state index >= 15 is 0 Å². The van der Waals surface area contributed by atoms with Gasteiger partial charge in [-0.1, -0.05) is 0 Å². The molecule has 1 N–H and O–H groups in total. The number of nitrogens with one attached hydrogen (secondary N) is 1. The summed E-state index contributed by atoms with van der Waals surface area (Å²) in [5.74, 6) is 3.43. The van der Waals surface area contributed by atoms with Gasteiger partial charge in [0.1, 0.15) is 0 Å². The Hall–Kier alpha value is 0.270. The van der Waals surface area contributed by atoms with Crippen molar-refractivity contribution in [3.63, 3.8) is 0 Å². The van der Waals surface area contributed by atoms with Gasteiger partial charge in [0.25, 0.3) is 0 Å². The van der Waals surface area contributed by atoms with E-state index in [0.29, 0.717) is 0 Å². The van der Waals surface area contributed by atoms with E-state index in [1.54, 1.807) is 0 Å². The van der Waals surface area contributed by atoms with Crippen LogP contribution in [0.25, 0.3) is 0 Å². The first-order valence-electron chi connectivity index (χ1n) is 4.56. The molecule has 72 valence electrons. The molecule has 12 heavy (non-hydrogen) atoms. The molecule has 0 saturated carbocycles. The third kappa shape index (κ3) is 4.33. The maximum Gasteiger partial charge on any atom is 0.0812 e. The molecule has 1 atom stereocenters. The van der Waals surface area contributed by atoms with Crippen LogP contribution in [-0.2, 0) is 4.84 Å². The van der Waals surface area contributed by atoms with Gasteiger partial charge in [-0.25, -0.2) is 5.48 Å². The minimum absolute atomic E-state index is 0.0637. The molecule has 1 aliphatic rings. The van der Waals surface area contributed by atoms with E-state index in [1.165, 1.54) is 17.9 Å². The lowest BCUT2D eigenvalue weighted by atomic mass is 10.1. The van der Waals surface area contributed by atoms with Crippen LogP contribution < -0.4 is 5.48 Å². The van der Waals surface area contributed by atoms with Gasteiger partial charge < -0.3 is 0 Å². The van der Waals surface area contributed by atoms with E-state index in [1.807, 2.05) is 11.8 Å². The summed E-state index contributed by atoms with van der Waals surface area (Å²) in [5.41, 5.74) is 2.99. The van der Waals surface area contributed by atoms with Gasteiger partial charge in [-0.3, -0.25) is 4.84 Å². The fourth-order valence-electron chi connectivity index (χ4n) is 1.12. The van der Waals surface area contributed by atoms with Gasteiger partial charge in [0, 0.05) is 6.54 Å². The van der Waals surface area contributed by atoms with Crippen molar-refractivity contribution in [1.29, 1.82) is 0 Å². The van der Waals surface area contributed by atoms with Crippen LogP contribution in [0, 0.1) is 5.92 Å². The molecule has 0 aliphatic carbocycles. The zero-order chi connectivity index (χ0) is 9.03. The van der Waals surface area contributed by atoms with Gasteiger partial charge in [-0.2, -0.15) is 11.8 Å². The fourth-order valence-corrected chi connectivity index (χ4v) is 2.40. The second kappa shape index (κ2) is 4.49. The van der Waals surface area contributed by atoms with Gasteiger partial charge >= 0.3 is 0 Å². The monoisotopic (exact) mass is 189 g/mol. The minimum Gasteiger partial charge on any atom is -0.296 e. The molecule has 0 amide bonds. The third-order valence-corrected chi connectivity index (χ3v) is 3.01. The summed E-state index contributed by atoms with van der Waals surface area (Å²) in [6, 6.07) is 0. The van der Waals surface area contributed by atoms with E-state index in [9.17, 15) is 0 Å². The smallest absolute Gasteiger partial charge is 0.0812 e. The Bertz CT molecular complexity index is 127. The van der Waals surface area contributed by atoms with Gasteiger partial charge in [-0.15, -0.1) is 0 Å². The average molecular weight is 189 g/mol. The zero-order valence-electron chi connectivity index (χ0n) is 8.22. The third-order valence-electron chi connectivity index (χ3n) is 1.77. The summed E-state index contributed by atoms with van der Waals surface area (Å²) < 4.78 is 0. The summed E-state index contributed by atoms with van der Waals surface area (Å²) in [7, 11) is 0. The quantitative estimate of drug-likeness (QED) is 0.687. The van der Waals surface area contributed by atoms with Gasteiger partial charge in [0.05, 0.1) is 5.60 Å². The largest absolute Gasteiger partial charge is 0.296 e. The Labute approximate surface area is 79.4 Å². The molecule has 1 aliphatic heterocycles. The highest BCUT2D eigenvalue weighted by atomic mass is 32.2. The van der Waals surface area contributed by atoms with Crippen molar-refractivity contribution < 1.29 is 4.84 Å². The average Bonchev–Trinajstić information content (AvgIpc) is 2.36. The minimum atomic E-state index is -0.0637. The Morgan fingerprint density at radius 2 is 2.25 bits per heavy atom. The van der Waals surface area contributed by atoms with Crippen LogP contribution in [0.15, 0.2) is 0 Å². The normalized spacial score (nSPS) is 24.8. The van der Waals surface area contributed by atoms with Crippen molar-refractivity contribution in [2.24, 2.45) is 5.92 Å². The molecule has 1 unspecified atom stereocenters. The van der Waals surface area contributed by atoms with Gasteiger partial charge in [0.2, 0.25) is 0 Å². The predicted octanol–water partition coefficient (Wildman–Crippen LogP) is 2.06. The Morgan fingerprint density at radius 3 is 2.75 bits per heavy atom. The topological polar surface area (TPSA) is 21.3 Å². The SMILES string of the molecule is CC(C)(C)ONCC1CCSC1. The second-order valence-electron chi connectivity index (χ2n) is 4.29. The maximum atomic E-state index is 5.43. The first kappa shape index (κ1) is 10.4. The van der Waals surface area contributed by atoms with E-state index in [-0.39, 0.29) is 5.60 Å². The number of hydroxylamine groups is 1. The van der Waals surface area contributed by atoms with Crippen molar-refractivity contribution in [3.05, 3.63) is 0 Å². The van der Waals surface area contributed by atoms with Gasteiger partial charge in [-0.05, 0) is 44.6 Å². The molecule has 1 heterocycles. The van der Waals surface area contributed by atoms with Crippen LogP contribution in [0.2, 0.25) is 0 Å². The van der Waals surface area contributed by atoms with Crippen molar-refractivity contribution >= 4 is 11.8 Å². The number of rotatable bonds is 3. The van der Waals surface area contributed by atoms with Crippen molar-refractivity contribution in [2.45, 2.75) is 32.8 Å². The summed E-state index contributed by atoms with van der Waals surface area (Å²) >= 11 is 2.04. The molecular weight excluding hydrogens is 170 g/mol. The zero-order valence-corrected chi connectivity index (χ0v) is 9.04. The fraction of sp³-hybridized carbons (Fsp3) is 1.00. The summed E-state index contributed by atoms with van der Waals surface area (Å²) in [4.78, 5) is 5.43. The summed E-state index contributed by atoms with van der Waals surface area (Å²) in [5, 5.41) is 0. The molecule has 0 aromatic rings. The van der Waals surface area contributed by atoms with Crippen LogP contribution >= 0.6 is 11.8 Å². The molecule has 0 radical (unpaired) electrons. The van der Waals surface area contributed by atoms with E-state index < -0.39 is 0 Å². The molecule has 1 saturated heterocycles. The highest BCUT2D eigenvalue weighted by Crippen LogP contribution is 2.22. The lowest BCUT2D eigenvalue weighted by Gasteiger charge is -2.20. The number of hydrogen-bond acceptors (Lipinski definition) is 3. The lowest BCUT2D eigenvalue weighted by Crippen LogP contribution is -2.32. The van der Waals surface area contributed by atoms with Crippen molar-refractivity contribution in [2.75, 3.05) is 18.1 Å². The molecule has 0 aromatic carbocycles. The van der Waals surface area contributed by atoms with Crippen molar-refractivity contribution in [1.82, 2.24) is 5.48 Å². The predicted molar refractivity (Wildman–Crippen MR) is 54.3 cm³/mol. The molecule has 0 spiro atoms. The van der Waals surface area contributed by atoms with Crippen molar-refractivity contribution in [3.8, 4) is 0 Å². The molecule has 1 fully saturated rings. The van der Waals surface area contributed by atoms with Crippen LogP contribution in [0.5, 0.6) is 0 Å². The number of hydrogen-bond donors (Lipinski definition) is 1. The Balaban J connectivity index is 2.02. The Morgan fingerprint density at radius 1 is 1.50 bits per heavy atom. The van der Waals surface area contributed by atoms with Crippen LogP contribution in [0.1, 0.15) is 27.2 Å². The molecule has 1 rings (SSSR count). The first-order valence-corrected chi connectivity index (χ1v) is 5.72. The second-order valence-corrected chi connectivity index (χ2v) is 5.44. The van der Waals surface area contributed by atoms with E-state index in [2.05, 4.69) is 26.3 Å². The van der Waals surface area contributed by atoms with Gasteiger partial charge in [0.15, 0.2) is 0 Å². The molecule has 2 nitrogen and oxygen atoms in total. The molecule has 3 heteroatoms. The highest BCUT2D eigenvalue weighted by Gasteiger charge is 2.16. The summed E-state index contributed by atoms with van der Waals surface area (Å²) in [6.07, 6.45) is 1.34. The molecular formula is C9H19NOS. The molecule has 0 bridgehead atoms. The van der Waals surface area contributed by atoms with Crippen LogP contribution in [0.4, 0.5) is 0 Å². The maximum absolute atomic E-state index is 5.43. The Kier molecular flexibility index (Phi) is 3.87. The van der Waals surface area contributed by atoms with Crippen LogP contribution in [0.3, 0.4) is 0 Å². The first-order chi connectivity index (χ1) is 5.58. The number of thioether (sulfide) groups is 1. The van der Waals surface area contributed by atoms with E-state index in [0.717, 1.165) is 12.5 Å². The standard InChI is InChI=1S/C9H19NOS/c1-9(2,3)11-10-6-8-4-5-12-7-8/h8,10H,4-7H2,1-3H3. The lowest BCUT2D eigenvalue weighted by molar-refractivity contribution is -0.0759. The molecule has 0 aromatic heterocycles. The van der Waals surface area contributed by atoms with E-state index in [4.69, 9.17) is 4.84 Å². The summed E-state index contributed by atoms with van der Waals surface area (Å²) in [6.45, 7) is 7.18.